The lowest BCUT2D eigenvalue weighted by Gasteiger charge is -2.12. The van der Waals surface area contributed by atoms with Crippen LogP contribution in [0.1, 0.15) is 28.4 Å². The van der Waals surface area contributed by atoms with Crippen LogP contribution in [-0.4, -0.2) is 21.7 Å². The second-order valence-electron chi connectivity index (χ2n) is 9.23. The number of hydrogen-bond donors (Lipinski definition) is 1. The van der Waals surface area contributed by atoms with Gasteiger partial charge in [0.1, 0.15) is 11.5 Å². The third-order valence-electron chi connectivity index (χ3n) is 6.26. The Morgan fingerprint density at radius 2 is 1.54 bits per heavy atom. The van der Waals surface area contributed by atoms with E-state index in [1.807, 2.05) is 68.4 Å². The summed E-state index contributed by atoms with van der Waals surface area (Å²) in [7, 11) is 0. The molecule has 39 heavy (non-hydrogen) atoms. The number of amides is 1. The molecule has 4 aromatic carbocycles. The molecule has 0 saturated carbocycles. The lowest BCUT2D eigenvalue weighted by molar-refractivity contribution is -0.132. The van der Waals surface area contributed by atoms with E-state index in [4.69, 9.17) is 9.84 Å². The summed E-state index contributed by atoms with van der Waals surface area (Å²) in [4.78, 5) is 25.0. The largest absolute Gasteiger partial charge is 0.407 e. The molecule has 0 aliphatic rings. The van der Waals surface area contributed by atoms with Gasteiger partial charge in [0.05, 0.1) is 11.3 Å². The molecular weight excluding hydrogens is 493 g/mol. The number of nitrogens with zero attached hydrogens (tertiary/aromatic N) is 2. The summed E-state index contributed by atoms with van der Waals surface area (Å²) in [5, 5.41) is 7.75. The predicted molar refractivity (Wildman–Crippen MR) is 150 cm³/mol. The Labute approximate surface area is 225 Å². The molecular formula is C32H26FN3O3. The van der Waals surface area contributed by atoms with E-state index in [2.05, 4.69) is 5.32 Å². The van der Waals surface area contributed by atoms with E-state index in [9.17, 15) is 14.0 Å². The molecule has 194 valence electrons. The minimum Gasteiger partial charge on any atom is -0.407 e. The summed E-state index contributed by atoms with van der Waals surface area (Å²) in [6.45, 7) is 5.21. The maximum absolute atomic E-state index is 13.8. The van der Waals surface area contributed by atoms with E-state index in [0.29, 0.717) is 33.6 Å². The molecule has 6 nitrogen and oxygen atoms in total. The van der Waals surface area contributed by atoms with Crippen LogP contribution < -0.4 is 10.1 Å². The van der Waals surface area contributed by atoms with E-state index in [1.54, 1.807) is 35.0 Å². The first-order valence-electron chi connectivity index (χ1n) is 12.4. The fraction of sp³-hybridized carbons (Fsp3) is 0.0938. The van der Waals surface area contributed by atoms with Gasteiger partial charge in [0.2, 0.25) is 5.88 Å². The van der Waals surface area contributed by atoms with Crippen LogP contribution in [0.25, 0.3) is 28.1 Å². The second-order valence-corrected chi connectivity index (χ2v) is 9.23. The number of anilines is 1. The van der Waals surface area contributed by atoms with E-state index < -0.39 is 5.97 Å². The maximum Gasteiger partial charge on any atom is 0.309 e. The number of ether oxygens (including phenoxy) is 1. The average molecular weight is 520 g/mol. The third kappa shape index (κ3) is 5.48. The zero-order valence-electron chi connectivity index (χ0n) is 21.7. The highest BCUT2D eigenvalue weighted by atomic mass is 19.1. The van der Waals surface area contributed by atoms with Crippen molar-refractivity contribution in [2.45, 2.75) is 20.8 Å². The number of hydrogen-bond acceptors (Lipinski definition) is 4. The monoisotopic (exact) mass is 519 g/mol. The van der Waals surface area contributed by atoms with Gasteiger partial charge >= 0.3 is 5.97 Å². The molecule has 0 aliphatic carbocycles. The van der Waals surface area contributed by atoms with Crippen LogP contribution in [0.5, 0.6) is 5.88 Å². The number of halogens is 1. The van der Waals surface area contributed by atoms with Crippen LogP contribution in [-0.2, 0) is 4.79 Å². The molecule has 0 unspecified atom stereocenters. The van der Waals surface area contributed by atoms with Gasteiger partial charge < -0.3 is 10.1 Å². The predicted octanol–water partition coefficient (Wildman–Crippen LogP) is 7.14. The normalized spacial score (nSPS) is 10.8. The fourth-order valence-corrected chi connectivity index (χ4v) is 4.38. The topological polar surface area (TPSA) is 73.2 Å². The molecule has 0 spiro atoms. The van der Waals surface area contributed by atoms with Crippen molar-refractivity contribution in [1.82, 2.24) is 9.78 Å². The van der Waals surface area contributed by atoms with E-state index in [-0.39, 0.29) is 17.6 Å². The first-order chi connectivity index (χ1) is 18.8. The number of aryl methyl sites for hydroxylation is 2. The van der Waals surface area contributed by atoms with Crippen molar-refractivity contribution in [2.75, 3.05) is 5.32 Å². The molecule has 1 N–H and O–H groups in total. The van der Waals surface area contributed by atoms with Crippen molar-refractivity contribution in [3.05, 3.63) is 120 Å². The smallest absolute Gasteiger partial charge is 0.309 e. The Morgan fingerprint density at radius 1 is 0.846 bits per heavy atom. The van der Waals surface area contributed by atoms with E-state index in [0.717, 1.165) is 16.8 Å². The van der Waals surface area contributed by atoms with Gasteiger partial charge in [0.15, 0.2) is 0 Å². The Balaban J connectivity index is 1.62. The van der Waals surface area contributed by atoms with Crippen LogP contribution in [0, 0.1) is 19.7 Å². The van der Waals surface area contributed by atoms with Crippen molar-refractivity contribution in [3.8, 4) is 34.0 Å². The van der Waals surface area contributed by atoms with Crippen LogP contribution in [0.2, 0.25) is 0 Å². The molecule has 0 radical (unpaired) electrons. The Hall–Kier alpha value is -5.04. The van der Waals surface area contributed by atoms with Gasteiger partial charge in [0, 0.05) is 23.7 Å². The van der Waals surface area contributed by atoms with Gasteiger partial charge in [-0.2, -0.15) is 9.78 Å². The zero-order valence-corrected chi connectivity index (χ0v) is 21.7. The zero-order chi connectivity index (χ0) is 27.5. The molecule has 7 heteroatoms. The van der Waals surface area contributed by atoms with Gasteiger partial charge in [0.25, 0.3) is 5.91 Å². The van der Waals surface area contributed by atoms with Crippen LogP contribution in [0.4, 0.5) is 10.1 Å². The quantitative estimate of drug-likeness (QED) is 0.242. The summed E-state index contributed by atoms with van der Waals surface area (Å²) in [5.41, 5.74) is 6.29. The van der Waals surface area contributed by atoms with Crippen molar-refractivity contribution in [1.29, 1.82) is 0 Å². The highest BCUT2D eigenvalue weighted by Gasteiger charge is 2.25. The summed E-state index contributed by atoms with van der Waals surface area (Å²) in [6, 6.07) is 28.2. The summed E-state index contributed by atoms with van der Waals surface area (Å²) < 4.78 is 21.1. The molecule has 5 aromatic rings. The van der Waals surface area contributed by atoms with Crippen molar-refractivity contribution < 1.29 is 18.7 Å². The van der Waals surface area contributed by atoms with Gasteiger partial charge in [-0.15, -0.1) is 0 Å². The first kappa shape index (κ1) is 25.6. The summed E-state index contributed by atoms with van der Waals surface area (Å²) in [5.74, 6) is -0.842. The number of benzene rings is 4. The Kier molecular flexibility index (Phi) is 7.06. The minimum absolute atomic E-state index is 0.216. The molecule has 0 atom stereocenters. The minimum atomic E-state index is -0.501. The van der Waals surface area contributed by atoms with E-state index >= 15 is 0 Å². The van der Waals surface area contributed by atoms with Crippen molar-refractivity contribution in [3.63, 3.8) is 0 Å². The number of nitrogens with one attached hydrogen (secondary N) is 1. The van der Waals surface area contributed by atoms with Crippen LogP contribution in [0.3, 0.4) is 0 Å². The molecule has 0 fully saturated rings. The molecule has 0 bridgehead atoms. The number of para-hydroxylation sites is 1. The Bertz CT molecular complexity index is 1670. The lowest BCUT2D eigenvalue weighted by Crippen LogP contribution is -2.11. The van der Waals surface area contributed by atoms with Gasteiger partial charge in [-0.1, -0.05) is 48.0 Å². The number of carbonyl (C=O) groups is 2. The SMILES string of the molecule is CC(=O)Oc1c(-c2ccc(NC(=O)c3cccc(C)c3)cc2)c(-c2ccc(F)cc2)nn1-c1ccccc1C. The number of aromatic nitrogens is 2. The summed E-state index contributed by atoms with van der Waals surface area (Å²) >= 11 is 0. The van der Waals surface area contributed by atoms with E-state index in [1.165, 1.54) is 19.1 Å². The molecule has 1 aromatic heterocycles. The van der Waals surface area contributed by atoms with Crippen molar-refractivity contribution >= 4 is 17.6 Å². The maximum atomic E-state index is 13.8. The van der Waals surface area contributed by atoms with Gasteiger partial charge in [-0.25, -0.2) is 4.39 Å². The molecule has 1 amide bonds. The van der Waals surface area contributed by atoms with Gasteiger partial charge in [-0.05, 0) is 79.6 Å². The number of rotatable bonds is 6. The third-order valence-corrected chi connectivity index (χ3v) is 6.26. The standard InChI is InChI=1S/C32H26FN3O3/c1-20-7-6-9-25(19-20)31(38)34-27-17-13-23(14-18-27)29-30(24-11-15-26(33)16-12-24)35-36(32(29)39-22(3)37)28-10-5-4-8-21(28)2/h4-19H,1-3H3,(H,34,38). The molecule has 0 aliphatic heterocycles. The highest BCUT2D eigenvalue weighted by Crippen LogP contribution is 2.41. The van der Waals surface area contributed by atoms with Crippen molar-refractivity contribution in [2.24, 2.45) is 0 Å². The number of carbonyl (C=O) groups excluding carboxylic acids is 2. The number of esters is 1. The Morgan fingerprint density at radius 3 is 2.21 bits per heavy atom. The van der Waals surface area contributed by atoms with Crippen LogP contribution >= 0.6 is 0 Å². The van der Waals surface area contributed by atoms with Crippen LogP contribution in [0.15, 0.2) is 97.1 Å². The molecule has 0 saturated heterocycles. The molecule has 5 rings (SSSR count). The second kappa shape index (κ2) is 10.8. The van der Waals surface area contributed by atoms with Gasteiger partial charge in [-0.3, -0.25) is 9.59 Å². The highest BCUT2D eigenvalue weighted by molar-refractivity contribution is 6.04. The molecule has 1 heterocycles. The average Bonchev–Trinajstić information content (AvgIpc) is 3.28. The lowest BCUT2D eigenvalue weighted by atomic mass is 10.0. The summed E-state index contributed by atoms with van der Waals surface area (Å²) in [6.07, 6.45) is 0. The fourth-order valence-electron chi connectivity index (χ4n) is 4.38. The first-order valence-corrected chi connectivity index (χ1v) is 12.4.